The summed E-state index contributed by atoms with van der Waals surface area (Å²) < 4.78 is 1.16. The molecule has 0 amide bonds. The van der Waals surface area contributed by atoms with Crippen LogP contribution in [0.4, 0.5) is 0 Å². The van der Waals surface area contributed by atoms with Crippen LogP contribution in [0.3, 0.4) is 0 Å². The molecule has 1 aromatic rings. The van der Waals surface area contributed by atoms with Crippen LogP contribution in [0.1, 0.15) is 11.5 Å². The van der Waals surface area contributed by atoms with Crippen LogP contribution in [-0.2, 0) is 4.84 Å². The molecule has 0 aromatic heterocycles. The molecular weight excluding hydrogens is 250 g/mol. The van der Waals surface area contributed by atoms with E-state index in [0.717, 1.165) is 10.2 Å². The smallest absolute Gasteiger partial charge is 0.0756 e. The summed E-state index contributed by atoms with van der Waals surface area (Å²) >= 11 is 5.41. The number of thioether (sulfide) groups is 1. The quantitative estimate of drug-likeness (QED) is 0.830. The van der Waals surface area contributed by atoms with Crippen LogP contribution in [0, 0.1) is 0 Å². The van der Waals surface area contributed by atoms with E-state index in [-0.39, 0.29) is 0 Å². The molecule has 1 unspecified atom stereocenters. The second-order valence-electron chi connectivity index (χ2n) is 2.99. The number of fused-ring (bicyclic) bond motifs is 1. The molecule has 70 valence electrons. The molecule has 1 atom stereocenters. The number of benzene rings is 1. The Morgan fingerprint density at radius 1 is 1.62 bits per heavy atom. The van der Waals surface area contributed by atoms with Gasteiger partial charge in [0.25, 0.3) is 0 Å². The second kappa shape index (κ2) is 4.00. The Morgan fingerprint density at radius 2 is 2.46 bits per heavy atom. The molecule has 1 heterocycles. The molecule has 0 fully saturated rings. The molecule has 0 saturated carbocycles. The van der Waals surface area contributed by atoms with Gasteiger partial charge in [-0.15, -0.1) is 11.8 Å². The molecule has 0 spiro atoms. The van der Waals surface area contributed by atoms with Crippen molar-refractivity contribution in [2.45, 2.75) is 10.8 Å². The van der Waals surface area contributed by atoms with Crippen LogP contribution in [0.15, 0.2) is 27.6 Å². The first-order chi connectivity index (χ1) is 6.33. The molecule has 0 aliphatic carbocycles. The van der Waals surface area contributed by atoms with Gasteiger partial charge in [-0.05, 0) is 17.7 Å². The Bertz CT molecular complexity index is 316. The van der Waals surface area contributed by atoms with E-state index in [1.54, 1.807) is 0 Å². The fourth-order valence-electron chi connectivity index (χ4n) is 1.56. The van der Waals surface area contributed by atoms with Crippen LogP contribution in [-0.4, -0.2) is 12.4 Å². The van der Waals surface area contributed by atoms with Gasteiger partial charge < -0.3 is 4.84 Å². The molecule has 1 aliphatic heterocycles. The van der Waals surface area contributed by atoms with Gasteiger partial charge in [0.2, 0.25) is 0 Å². The molecule has 0 saturated heterocycles. The summed E-state index contributed by atoms with van der Waals surface area (Å²) in [4.78, 5) is 6.05. The molecular formula is C9H10BrNOS. The minimum Gasteiger partial charge on any atom is -0.304 e. The fourth-order valence-corrected chi connectivity index (χ4v) is 3.63. The average molecular weight is 260 g/mol. The maximum absolute atomic E-state index is 5.09. The normalized spacial score (nSPS) is 20.3. The van der Waals surface area contributed by atoms with E-state index in [0.29, 0.717) is 12.5 Å². The highest BCUT2D eigenvalue weighted by Crippen LogP contribution is 2.43. The zero-order valence-electron chi connectivity index (χ0n) is 7.00. The number of hydrogen-bond acceptors (Lipinski definition) is 3. The van der Waals surface area contributed by atoms with Gasteiger partial charge in [-0.2, -0.15) is 0 Å². The van der Waals surface area contributed by atoms with Gasteiger partial charge in [-0.1, -0.05) is 22.0 Å². The third-order valence-corrected chi connectivity index (χ3v) is 4.09. The van der Waals surface area contributed by atoms with Crippen molar-refractivity contribution in [3.63, 3.8) is 0 Å². The van der Waals surface area contributed by atoms with Crippen molar-refractivity contribution in [3.8, 4) is 0 Å². The van der Waals surface area contributed by atoms with Gasteiger partial charge >= 0.3 is 0 Å². The van der Waals surface area contributed by atoms with Gasteiger partial charge in [0.15, 0.2) is 0 Å². The lowest BCUT2D eigenvalue weighted by Gasteiger charge is -2.09. The van der Waals surface area contributed by atoms with E-state index < -0.39 is 0 Å². The van der Waals surface area contributed by atoms with Crippen molar-refractivity contribution in [2.75, 3.05) is 12.4 Å². The minimum atomic E-state index is 0.431. The molecule has 1 aromatic carbocycles. The van der Waals surface area contributed by atoms with Crippen molar-refractivity contribution in [2.24, 2.45) is 5.90 Å². The maximum atomic E-state index is 5.09. The Kier molecular flexibility index (Phi) is 2.93. The number of hydrogen-bond donors (Lipinski definition) is 1. The molecule has 2 nitrogen and oxygen atoms in total. The molecule has 1 aliphatic rings. The first kappa shape index (κ1) is 9.52. The maximum Gasteiger partial charge on any atom is 0.0756 e. The van der Waals surface area contributed by atoms with E-state index in [9.17, 15) is 0 Å². The van der Waals surface area contributed by atoms with Crippen LogP contribution >= 0.6 is 27.7 Å². The topological polar surface area (TPSA) is 35.2 Å². The Hall–Kier alpha value is -0.0300. The predicted octanol–water partition coefficient (Wildman–Crippen LogP) is 2.53. The van der Waals surface area contributed by atoms with Crippen LogP contribution < -0.4 is 5.90 Å². The van der Waals surface area contributed by atoms with E-state index >= 15 is 0 Å². The lowest BCUT2D eigenvalue weighted by Crippen LogP contribution is -2.11. The van der Waals surface area contributed by atoms with Crippen LogP contribution in [0.5, 0.6) is 0 Å². The van der Waals surface area contributed by atoms with E-state index in [1.165, 1.54) is 10.5 Å². The first-order valence-corrected chi connectivity index (χ1v) is 5.83. The number of nitrogens with two attached hydrogens (primary N) is 1. The molecule has 2 rings (SSSR count). The molecule has 0 radical (unpaired) electrons. The van der Waals surface area contributed by atoms with E-state index in [1.807, 2.05) is 11.8 Å². The molecule has 13 heavy (non-hydrogen) atoms. The monoisotopic (exact) mass is 259 g/mol. The predicted molar refractivity (Wildman–Crippen MR) is 57.7 cm³/mol. The van der Waals surface area contributed by atoms with Crippen molar-refractivity contribution in [1.29, 1.82) is 0 Å². The zero-order chi connectivity index (χ0) is 9.26. The van der Waals surface area contributed by atoms with Gasteiger partial charge in [-0.25, -0.2) is 5.90 Å². The molecule has 4 heteroatoms. The average Bonchev–Trinajstić information content (AvgIpc) is 2.51. The van der Waals surface area contributed by atoms with E-state index in [4.69, 9.17) is 10.7 Å². The largest absolute Gasteiger partial charge is 0.304 e. The second-order valence-corrected chi connectivity index (χ2v) is 4.91. The molecule has 2 N–H and O–H groups in total. The van der Waals surface area contributed by atoms with Crippen LogP contribution in [0.25, 0.3) is 0 Å². The third-order valence-electron chi connectivity index (χ3n) is 2.16. The summed E-state index contributed by atoms with van der Waals surface area (Å²) in [6.45, 7) is 0.600. The highest BCUT2D eigenvalue weighted by molar-refractivity contribution is 9.10. The van der Waals surface area contributed by atoms with Gasteiger partial charge in [0.05, 0.1) is 6.61 Å². The minimum absolute atomic E-state index is 0.431. The summed E-state index contributed by atoms with van der Waals surface area (Å²) in [6.07, 6.45) is 0. The van der Waals surface area contributed by atoms with Crippen molar-refractivity contribution >= 4 is 27.7 Å². The van der Waals surface area contributed by atoms with E-state index in [2.05, 4.69) is 34.1 Å². The van der Waals surface area contributed by atoms with Crippen molar-refractivity contribution < 1.29 is 4.84 Å². The standard InChI is InChI=1S/C9H10BrNOS/c10-7-2-1-3-8-9(7)6(4-12-11)5-13-8/h1-3,6H,4-5,11H2. The summed E-state index contributed by atoms with van der Waals surface area (Å²) in [5.41, 5.74) is 1.35. The summed E-state index contributed by atoms with van der Waals surface area (Å²) in [6, 6.07) is 6.26. The van der Waals surface area contributed by atoms with Crippen LogP contribution in [0.2, 0.25) is 0 Å². The fraction of sp³-hybridized carbons (Fsp3) is 0.333. The zero-order valence-corrected chi connectivity index (χ0v) is 9.40. The highest BCUT2D eigenvalue weighted by atomic mass is 79.9. The van der Waals surface area contributed by atoms with Gasteiger partial charge in [0, 0.05) is 21.0 Å². The summed E-state index contributed by atoms with van der Waals surface area (Å²) in [5, 5.41) is 0. The highest BCUT2D eigenvalue weighted by Gasteiger charge is 2.25. The SMILES string of the molecule is NOCC1CSc2cccc(Br)c21. The Balaban J connectivity index is 2.34. The lowest BCUT2D eigenvalue weighted by atomic mass is 10.0. The summed E-state index contributed by atoms with van der Waals surface area (Å²) in [7, 11) is 0. The number of halogens is 1. The number of rotatable bonds is 2. The Morgan fingerprint density at radius 3 is 3.23 bits per heavy atom. The van der Waals surface area contributed by atoms with Gasteiger partial charge in [0.1, 0.15) is 0 Å². The lowest BCUT2D eigenvalue weighted by molar-refractivity contribution is 0.127. The molecule has 0 bridgehead atoms. The first-order valence-electron chi connectivity index (χ1n) is 4.06. The third kappa shape index (κ3) is 1.76. The van der Waals surface area contributed by atoms with Gasteiger partial charge in [-0.3, -0.25) is 0 Å². The van der Waals surface area contributed by atoms with Crippen molar-refractivity contribution in [3.05, 3.63) is 28.2 Å². The van der Waals surface area contributed by atoms with Crippen molar-refractivity contribution in [1.82, 2.24) is 0 Å². The summed E-state index contributed by atoms with van der Waals surface area (Å²) in [5.74, 6) is 6.59. The Labute approximate surface area is 89.9 Å².